The predicted octanol–water partition coefficient (Wildman–Crippen LogP) is 3.27. The molecule has 22 heavy (non-hydrogen) atoms. The minimum atomic E-state index is 0.0666. The average molecular weight is 295 g/mol. The summed E-state index contributed by atoms with van der Waals surface area (Å²) in [7, 11) is 1.89. The number of nitrogens with zero attached hydrogens (tertiary/aromatic N) is 4. The fraction of sp³-hybridized carbons (Fsp3) is 0.353. The van der Waals surface area contributed by atoms with Crippen LogP contribution in [0.3, 0.4) is 0 Å². The Kier molecular flexibility index (Phi) is 3.56. The van der Waals surface area contributed by atoms with Gasteiger partial charge in [0.1, 0.15) is 5.82 Å². The molecule has 0 aliphatic carbocycles. The Morgan fingerprint density at radius 2 is 1.82 bits per heavy atom. The maximum Gasteiger partial charge on any atom is 0.134 e. The first-order valence-electron chi connectivity index (χ1n) is 7.42. The highest BCUT2D eigenvalue weighted by molar-refractivity contribution is 5.94. The zero-order valence-electron chi connectivity index (χ0n) is 13.5. The molecule has 1 N–H and O–H groups in total. The van der Waals surface area contributed by atoms with Crippen LogP contribution in [-0.2, 0) is 19.0 Å². The van der Waals surface area contributed by atoms with E-state index in [9.17, 15) is 0 Å². The van der Waals surface area contributed by atoms with Gasteiger partial charge in [0.15, 0.2) is 0 Å². The summed E-state index contributed by atoms with van der Waals surface area (Å²) in [6.45, 7) is 7.29. The lowest BCUT2D eigenvalue weighted by atomic mass is 9.85. The van der Waals surface area contributed by atoms with E-state index in [1.807, 2.05) is 19.3 Å². The number of fused-ring (bicyclic) bond motifs is 1. The Morgan fingerprint density at radius 1 is 1.09 bits per heavy atom. The van der Waals surface area contributed by atoms with E-state index < -0.39 is 0 Å². The van der Waals surface area contributed by atoms with Crippen LogP contribution in [0.4, 0.5) is 5.82 Å². The molecule has 2 heterocycles. The number of anilines is 1. The number of hydrogen-bond donors (Lipinski definition) is 1. The lowest BCUT2D eigenvalue weighted by Gasteiger charge is -2.22. The van der Waals surface area contributed by atoms with Gasteiger partial charge in [0.05, 0.1) is 18.4 Å². The van der Waals surface area contributed by atoms with Crippen molar-refractivity contribution >= 4 is 16.6 Å². The van der Waals surface area contributed by atoms with E-state index in [0.717, 1.165) is 16.9 Å². The van der Waals surface area contributed by atoms with E-state index in [1.54, 1.807) is 10.9 Å². The molecule has 0 fully saturated rings. The maximum absolute atomic E-state index is 4.64. The molecule has 0 saturated carbocycles. The summed E-state index contributed by atoms with van der Waals surface area (Å²) in [6.07, 6.45) is 3.74. The fourth-order valence-electron chi connectivity index (χ4n) is 2.58. The Labute approximate surface area is 130 Å². The molecule has 3 aromatic rings. The Morgan fingerprint density at radius 3 is 2.45 bits per heavy atom. The zero-order valence-corrected chi connectivity index (χ0v) is 13.5. The highest BCUT2D eigenvalue weighted by Crippen LogP contribution is 2.32. The van der Waals surface area contributed by atoms with Crippen molar-refractivity contribution in [3.8, 4) is 0 Å². The summed E-state index contributed by atoms with van der Waals surface area (Å²) < 4.78 is 1.76. The van der Waals surface area contributed by atoms with Crippen LogP contribution in [0.25, 0.3) is 10.8 Å². The number of benzene rings is 1. The zero-order chi connectivity index (χ0) is 15.7. The van der Waals surface area contributed by atoms with E-state index in [1.165, 1.54) is 10.9 Å². The second-order valence-electron chi connectivity index (χ2n) is 6.52. The summed E-state index contributed by atoms with van der Waals surface area (Å²) in [5.41, 5.74) is 2.35. The van der Waals surface area contributed by atoms with E-state index >= 15 is 0 Å². The SMILES string of the molecule is Cn1nncc1CNc1ncc(C(C)(C)C)c2ccccc12. The number of pyridine rings is 1. The molecule has 0 unspecified atom stereocenters. The predicted molar refractivity (Wildman–Crippen MR) is 88.8 cm³/mol. The number of aromatic nitrogens is 4. The molecule has 2 aromatic heterocycles. The van der Waals surface area contributed by atoms with Gasteiger partial charge in [-0.25, -0.2) is 4.98 Å². The van der Waals surface area contributed by atoms with Gasteiger partial charge in [-0.3, -0.25) is 4.68 Å². The van der Waals surface area contributed by atoms with E-state index in [-0.39, 0.29) is 5.41 Å². The van der Waals surface area contributed by atoms with Gasteiger partial charge >= 0.3 is 0 Å². The monoisotopic (exact) mass is 295 g/mol. The molecule has 0 saturated heterocycles. The summed E-state index contributed by atoms with van der Waals surface area (Å²) in [4.78, 5) is 4.64. The summed E-state index contributed by atoms with van der Waals surface area (Å²) in [5, 5.41) is 13.6. The van der Waals surface area contributed by atoms with Crippen molar-refractivity contribution in [2.75, 3.05) is 5.32 Å². The molecule has 0 atom stereocenters. The number of hydrogen-bond acceptors (Lipinski definition) is 4. The first kappa shape index (κ1) is 14.5. The normalized spacial score (nSPS) is 11.8. The Balaban J connectivity index is 1.99. The van der Waals surface area contributed by atoms with Gasteiger partial charge < -0.3 is 5.32 Å². The smallest absolute Gasteiger partial charge is 0.134 e. The molecule has 3 rings (SSSR count). The van der Waals surface area contributed by atoms with Crippen LogP contribution in [0.5, 0.6) is 0 Å². The summed E-state index contributed by atoms with van der Waals surface area (Å²) in [6, 6.07) is 8.40. The van der Waals surface area contributed by atoms with Crippen molar-refractivity contribution in [1.29, 1.82) is 0 Å². The maximum atomic E-state index is 4.64. The molecule has 0 aliphatic rings. The quantitative estimate of drug-likeness (QED) is 0.805. The van der Waals surface area contributed by atoms with Crippen molar-refractivity contribution in [2.24, 2.45) is 7.05 Å². The van der Waals surface area contributed by atoms with Gasteiger partial charge in [-0.05, 0) is 16.4 Å². The van der Waals surface area contributed by atoms with E-state index in [0.29, 0.717) is 6.54 Å². The number of nitrogens with one attached hydrogen (secondary N) is 1. The van der Waals surface area contributed by atoms with E-state index in [2.05, 4.69) is 59.6 Å². The molecule has 0 bridgehead atoms. The van der Waals surface area contributed by atoms with Gasteiger partial charge in [-0.1, -0.05) is 50.3 Å². The third kappa shape index (κ3) is 2.66. The van der Waals surface area contributed by atoms with Crippen LogP contribution in [0.15, 0.2) is 36.7 Å². The van der Waals surface area contributed by atoms with Gasteiger partial charge in [0.25, 0.3) is 0 Å². The van der Waals surface area contributed by atoms with Crippen molar-refractivity contribution < 1.29 is 0 Å². The largest absolute Gasteiger partial charge is 0.364 e. The van der Waals surface area contributed by atoms with Gasteiger partial charge in [-0.2, -0.15) is 0 Å². The van der Waals surface area contributed by atoms with Crippen LogP contribution in [0, 0.1) is 0 Å². The van der Waals surface area contributed by atoms with Gasteiger partial charge in [0, 0.05) is 18.6 Å². The van der Waals surface area contributed by atoms with Crippen molar-refractivity contribution in [3.05, 3.63) is 47.9 Å². The standard InChI is InChI=1S/C17H21N5/c1-17(2,3)15-11-19-16(14-8-6-5-7-13(14)15)18-9-12-10-20-21-22(12)4/h5-8,10-11H,9H2,1-4H3,(H,18,19). The second-order valence-corrected chi connectivity index (χ2v) is 6.52. The Bertz CT molecular complexity index is 798. The Hall–Kier alpha value is -2.43. The topological polar surface area (TPSA) is 55.6 Å². The molecule has 0 spiro atoms. The first-order valence-corrected chi connectivity index (χ1v) is 7.42. The second kappa shape index (κ2) is 5.40. The molecule has 0 amide bonds. The van der Waals surface area contributed by atoms with Crippen molar-refractivity contribution in [1.82, 2.24) is 20.0 Å². The first-order chi connectivity index (χ1) is 10.5. The van der Waals surface area contributed by atoms with E-state index in [4.69, 9.17) is 0 Å². The average Bonchev–Trinajstić information content (AvgIpc) is 2.89. The van der Waals surface area contributed by atoms with Crippen LogP contribution < -0.4 is 5.32 Å². The molecular formula is C17H21N5. The van der Waals surface area contributed by atoms with Gasteiger partial charge in [0.2, 0.25) is 0 Å². The summed E-state index contributed by atoms with van der Waals surface area (Å²) >= 11 is 0. The summed E-state index contributed by atoms with van der Waals surface area (Å²) in [5.74, 6) is 0.893. The molecule has 5 heteroatoms. The van der Waals surface area contributed by atoms with Crippen LogP contribution in [0.2, 0.25) is 0 Å². The number of rotatable bonds is 3. The van der Waals surface area contributed by atoms with Gasteiger partial charge in [-0.15, -0.1) is 5.10 Å². The van der Waals surface area contributed by atoms with Crippen molar-refractivity contribution in [3.63, 3.8) is 0 Å². The lowest BCUT2D eigenvalue weighted by molar-refractivity contribution is 0.593. The highest BCUT2D eigenvalue weighted by Gasteiger charge is 2.18. The molecule has 0 radical (unpaired) electrons. The third-order valence-corrected chi connectivity index (χ3v) is 3.85. The minimum Gasteiger partial charge on any atom is -0.364 e. The fourth-order valence-corrected chi connectivity index (χ4v) is 2.58. The third-order valence-electron chi connectivity index (χ3n) is 3.85. The highest BCUT2D eigenvalue weighted by atomic mass is 15.4. The molecule has 1 aromatic carbocycles. The molecule has 114 valence electrons. The minimum absolute atomic E-state index is 0.0666. The molecule has 5 nitrogen and oxygen atoms in total. The van der Waals surface area contributed by atoms with Crippen LogP contribution in [-0.4, -0.2) is 20.0 Å². The van der Waals surface area contributed by atoms with Crippen molar-refractivity contribution in [2.45, 2.75) is 32.7 Å². The molecular weight excluding hydrogens is 274 g/mol. The molecule has 0 aliphatic heterocycles. The van der Waals surface area contributed by atoms with Crippen LogP contribution >= 0.6 is 0 Å². The lowest BCUT2D eigenvalue weighted by Crippen LogP contribution is -2.13. The number of aryl methyl sites for hydroxylation is 1. The van der Waals surface area contributed by atoms with Crippen LogP contribution in [0.1, 0.15) is 32.0 Å².